The van der Waals surface area contributed by atoms with Crippen LogP contribution in [0, 0.1) is 23.1 Å². The van der Waals surface area contributed by atoms with Crippen molar-refractivity contribution in [3.8, 4) is 6.07 Å². The molecule has 0 radical (unpaired) electrons. The normalized spacial score (nSPS) is 29.2. The van der Waals surface area contributed by atoms with E-state index in [1.165, 1.54) is 0 Å². The first-order chi connectivity index (χ1) is 15.1. The summed E-state index contributed by atoms with van der Waals surface area (Å²) in [5.74, 6) is -0.0952. The summed E-state index contributed by atoms with van der Waals surface area (Å²) >= 11 is 0. The Hall–Kier alpha value is -2.27. The third-order valence-electron chi connectivity index (χ3n) is 7.34. The Kier molecular flexibility index (Phi) is 5.79. The average Bonchev–Trinajstić information content (AvgIpc) is 3.37. The van der Waals surface area contributed by atoms with E-state index in [1.54, 1.807) is 12.1 Å². The maximum atomic E-state index is 14.8. The standard InChI is InChI=1S/C24H29FN4O2/c25-22-11-16(15-5-7-29(8-6-15)21-13-31-14-21)1-2-17(22)9-20(12-26)28-24(30)23-18-3-4-19(10-18)27-23/h1-2,5,11,18-21,23,27H,3-4,6-10,13-14H2,(H,28,30)/t18-,19+,20-,23-/m0/s1. The fourth-order valence-electron chi connectivity index (χ4n) is 5.39. The quantitative estimate of drug-likeness (QED) is 0.731. The van der Waals surface area contributed by atoms with E-state index >= 15 is 0 Å². The summed E-state index contributed by atoms with van der Waals surface area (Å²) in [5, 5.41) is 15.7. The van der Waals surface area contributed by atoms with Gasteiger partial charge in [0.2, 0.25) is 5.91 Å². The Labute approximate surface area is 182 Å². The lowest BCUT2D eigenvalue weighted by Gasteiger charge is -2.38. The smallest absolute Gasteiger partial charge is 0.238 e. The highest BCUT2D eigenvalue weighted by molar-refractivity contribution is 5.83. The zero-order valence-electron chi connectivity index (χ0n) is 17.6. The number of nitriles is 1. The van der Waals surface area contributed by atoms with Gasteiger partial charge in [-0.1, -0.05) is 18.2 Å². The molecule has 31 heavy (non-hydrogen) atoms. The van der Waals surface area contributed by atoms with Gasteiger partial charge in [-0.05, 0) is 54.4 Å². The molecule has 1 saturated carbocycles. The molecule has 4 aliphatic rings. The number of hydrogen-bond acceptors (Lipinski definition) is 5. The van der Waals surface area contributed by atoms with Gasteiger partial charge in [0, 0.05) is 25.6 Å². The predicted octanol–water partition coefficient (Wildman–Crippen LogP) is 2.00. The van der Waals surface area contributed by atoms with Crippen LogP contribution >= 0.6 is 0 Å². The minimum absolute atomic E-state index is 0.135. The van der Waals surface area contributed by atoms with Crippen molar-refractivity contribution in [1.29, 1.82) is 5.26 Å². The highest BCUT2D eigenvalue weighted by Gasteiger charge is 2.43. The van der Waals surface area contributed by atoms with Crippen LogP contribution in [-0.2, 0) is 16.0 Å². The summed E-state index contributed by atoms with van der Waals surface area (Å²) in [6.07, 6.45) is 6.46. The molecule has 7 heteroatoms. The molecule has 0 aromatic heterocycles. The summed E-state index contributed by atoms with van der Waals surface area (Å²) in [4.78, 5) is 15.0. The van der Waals surface area contributed by atoms with E-state index in [-0.39, 0.29) is 24.2 Å². The summed E-state index contributed by atoms with van der Waals surface area (Å²) in [7, 11) is 0. The number of benzene rings is 1. The van der Waals surface area contributed by atoms with Crippen molar-refractivity contribution in [3.05, 3.63) is 41.2 Å². The van der Waals surface area contributed by atoms with E-state index in [4.69, 9.17) is 4.74 Å². The molecule has 1 aromatic rings. The molecule has 2 saturated heterocycles. The van der Waals surface area contributed by atoms with Crippen molar-refractivity contribution in [3.63, 3.8) is 0 Å². The molecule has 2 bridgehead atoms. The van der Waals surface area contributed by atoms with Crippen LogP contribution < -0.4 is 10.6 Å². The maximum absolute atomic E-state index is 14.8. The largest absolute Gasteiger partial charge is 0.378 e. The fourth-order valence-corrected chi connectivity index (χ4v) is 5.39. The summed E-state index contributed by atoms with van der Waals surface area (Å²) < 4.78 is 20.1. The zero-order valence-corrected chi connectivity index (χ0v) is 17.6. The minimum atomic E-state index is -0.735. The van der Waals surface area contributed by atoms with E-state index in [0.717, 1.165) is 63.1 Å². The van der Waals surface area contributed by atoms with Gasteiger partial charge in [-0.3, -0.25) is 9.69 Å². The third kappa shape index (κ3) is 4.25. The topological polar surface area (TPSA) is 77.4 Å². The van der Waals surface area contributed by atoms with E-state index in [0.29, 0.717) is 23.6 Å². The van der Waals surface area contributed by atoms with Crippen molar-refractivity contribution in [2.45, 2.75) is 56.3 Å². The van der Waals surface area contributed by atoms with Crippen molar-refractivity contribution in [2.75, 3.05) is 26.3 Å². The van der Waals surface area contributed by atoms with E-state index in [2.05, 4.69) is 27.7 Å². The molecule has 1 aromatic carbocycles. The van der Waals surface area contributed by atoms with Crippen molar-refractivity contribution >= 4 is 11.5 Å². The van der Waals surface area contributed by atoms with Gasteiger partial charge < -0.3 is 15.4 Å². The second-order valence-corrected chi connectivity index (χ2v) is 9.28. The van der Waals surface area contributed by atoms with Crippen LogP contribution in [0.1, 0.15) is 36.8 Å². The number of nitrogens with zero attached hydrogens (tertiary/aromatic N) is 2. The third-order valence-corrected chi connectivity index (χ3v) is 7.34. The van der Waals surface area contributed by atoms with E-state index in [9.17, 15) is 14.4 Å². The van der Waals surface area contributed by atoms with Gasteiger partial charge in [0.25, 0.3) is 0 Å². The summed E-state index contributed by atoms with van der Waals surface area (Å²) in [6, 6.07) is 7.37. The van der Waals surface area contributed by atoms with E-state index in [1.807, 2.05) is 6.07 Å². The summed E-state index contributed by atoms with van der Waals surface area (Å²) in [5.41, 5.74) is 2.52. The Morgan fingerprint density at radius 1 is 1.39 bits per heavy atom. The Balaban J connectivity index is 1.20. The van der Waals surface area contributed by atoms with Crippen molar-refractivity contribution in [2.24, 2.45) is 5.92 Å². The molecule has 0 spiro atoms. The van der Waals surface area contributed by atoms with Gasteiger partial charge in [-0.15, -0.1) is 0 Å². The number of amides is 1. The molecule has 3 aliphatic heterocycles. The molecule has 4 atom stereocenters. The van der Waals surface area contributed by atoms with Crippen LogP contribution in [-0.4, -0.2) is 61.3 Å². The number of nitrogens with one attached hydrogen (secondary N) is 2. The number of carbonyl (C=O) groups is 1. The van der Waals surface area contributed by atoms with Gasteiger partial charge in [0.15, 0.2) is 0 Å². The molecule has 0 unspecified atom stereocenters. The predicted molar refractivity (Wildman–Crippen MR) is 114 cm³/mol. The molecule has 5 rings (SSSR count). The first-order valence-corrected chi connectivity index (χ1v) is 11.4. The van der Waals surface area contributed by atoms with Crippen LogP contribution in [0.25, 0.3) is 5.57 Å². The SMILES string of the molecule is N#C[C@H](Cc1ccc(C2=CCN(C3COC3)CC2)cc1F)NC(=O)[C@H]1N[C@@H]2CC[C@H]1C2. The number of carbonyl (C=O) groups excluding carboxylic acids is 1. The van der Waals surface area contributed by atoms with Gasteiger partial charge in [0.1, 0.15) is 11.9 Å². The average molecular weight is 425 g/mol. The van der Waals surface area contributed by atoms with Crippen molar-refractivity contribution in [1.82, 2.24) is 15.5 Å². The molecular weight excluding hydrogens is 395 g/mol. The van der Waals surface area contributed by atoms with Crippen LogP contribution in [0.15, 0.2) is 24.3 Å². The van der Waals surface area contributed by atoms with Gasteiger partial charge in [0.05, 0.1) is 31.4 Å². The minimum Gasteiger partial charge on any atom is -0.378 e. The molecule has 1 amide bonds. The number of rotatable bonds is 6. The zero-order chi connectivity index (χ0) is 21.4. The van der Waals surface area contributed by atoms with Crippen LogP contribution in [0.3, 0.4) is 0 Å². The lowest BCUT2D eigenvalue weighted by molar-refractivity contribution is -0.124. The van der Waals surface area contributed by atoms with Crippen molar-refractivity contribution < 1.29 is 13.9 Å². The fraction of sp³-hybridized carbons (Fsp3) is 0.583. The highest BCUT2D eigenvalue weighted by Crippen LogP contribution is 2.35. The Morgan fingerprint density at radius 2 is 2.26 bits per heavy atom. The molecular formula is C24H29FN4O2. The second kappa shape index (κ2) is 8.70. The van der Waals surface area contributed by atoms with Gasteiger partial charge in [-0.2, -0.15) is 5.26 Å². The molecule has 2 N–H and O–H groups in total. The number of ether oxygens (including phenoxy) is 1. The Morgan fingerprint density at radius 3 is 2.84 bits per heavy atom. The first kappa shape index (κ1) is 20.6. The van der Waals surface area contributed by atoms with Gasteiger partial charge in [-0.25, -0.2) is 4.39 Å². The van der Waals surface area contributed by atoms with Gasteiger partial charge >= 0.3 is 0 Å². The number of piperidine rings is 1. The number of fused-ring (bicyclic) bond motifs is 2. The number of halogens is 1. The maximum Gasteiger partial charge on any atom is 0.238 e. The molecule has 3 heterocycles. The second-order valence-electron chi connectivity index (χ2n) is 9.28. The van der Waals surface area contributed by atoms with E-state index < -0.39 is 6.04 Å². The highest BCUT2D eigenvalue weighted by atomic mass is 19.1. The lowest BCUT2D eigenvalue weighted by atomic mass is 9.95. The first-order valence-electron chi connectivity index (χ1n) is 11.4. The molecule has 1 aliphatic carbocycles. The lowest BCUT2D eigenvalue weighted by Crippen LogP contribution is -2.50. The number of hydrogen-bond donors (Lipinski definition) is 2. The summed E-state index contributed by atoms with van der Waals surface area (Å²) in [6.45, 7) is 3.44. The Bertz CT molecular complexity index is 923. The molecule has 164 valence electrons. The monoisotopic (exact) mass is 424 g/mol. The van der Waals surface area contributed by atoms with Crippen LogP contribution in [0.4, 0.5) is 4.39 Å². The molecule has 3 fully saturated rings. The van der Waals surface area contributed by atoms with Crippen LogP contribution in [0.5, 0.6) is 0 Å². The van der Waals surface area contributed by atoms with Crippen LogP contribution in [0.2, 0.25) is 0 Å². The molecule has 6 nitrogen and oxygen atoms in total.